The van der Waals surface area contributed by atoms with E-state index in [1.54, 1.807) is 19.1 Å². The quantitative estimate of drug-likeness (QED) is 0.784. The van der Waals surface area contributed by atoms with E-state index in [-0.39, 0.29) is 5.97 Å². The molecular formula is C14H21N3O3. The Morgan fingerprint density at radius 2 is 2.25 bits per heavy atom. The van der Waals surface area contributed by atoms with Crippen LogP contribution in [0.4, 0.5) is 5.82 Å². The zero-order valence-corrected chi connectivity index (χ0v) is 11.8. The Bertz CT molecular complexity index is 416. The maximum atomic E-state index is 11.5. The zero-order chi connectivity index (χ0) is 14.2. The first-order chi connectivity index (χ1) is 9.79. The Morgan fingerprint density at radius 3 is 2.90 bits per heavy atom. The van der Waals surface area contributed by atoms with E-state index in [0.29, 0.717) is 12.2 Å². The molecule has 0 atom stereocenters. The van der Waals surface area contributed by atoms with E-state index in [1.165, 1.54) is 6.20 Å². The molecule has 2 rings (SSSR count). The molecule has 1 aromatic heterocycles. The number of nitrogens with one attached hydrogen (secondary N) is 1. The van der Waals surface area contributed by atoms with Crippen LogP contribution in [0.5, 0.6) is 0 Å². The standard InChI is InChI=1S/C14H21N3O3/c1-2-20-14(18)12-3-4-13(16-11-12)15-5-6-17-7-9-19-10-8-17/h3-4,11H,2,5-10H2,1H3,(H,15,16). The van der Waals surface area contributed by atoms with Crippen molar-refractivity contribution in [3.8, 4) is 0 Å². The number of carbonyl (C=O) groups excluding carboxylic acids is 1. The Kier molecular flexibility index (Phi) is 5.76. The largest absolute Gasteiger partial charge is 0.462 e. The van der Waals surface area contributed by atoms with Gasteiger partial charge in [0.25, 0.3) is 0 Å². The number of aromatic nitrogens is 1. The number of ether oxygens (including phenoxy) is 2. The number of hydrogen-bond acceptors (Lipinski definition) is 6. The molecule has 20 heavy (non-hydrogen) atoms. The van der Waals surface area contributed by atoms with Crippen molar-refractivity contribution in [3.05, 3.63) is 23.9 Å². The Morgan fingerprint density at radius 1 is 1.45 bits per heavy atom. The molecular weight excluding hydrogens is 258 g/mol. The third-order valence-electron chi connectivity index (χ3n) is 3.11. The maximum absolute atomic E-state index is 11.5. The summed E-state index contributed by atoms with van der Waals surface area (Å²) in [7, 11) is 0. The second-order valence-electron chi connectivity index (χ2n) is 4.53. The molecule has 0 aromatic carbocycles. The molecule has 1 aromatic rings. The fourth-order valence-corrected chi connectivity index (χ4v) is 2.00. The number of morpholine rings is 1. The van der Waals surface area contributed by atoms with E-state index in [9.17, 15) is 4.79 Å². The van der Waals surface area contributed by atoms with E-state index in [0.717, 1.165) is 45.2 Å². The predicted molar refractivity (Wildman–Crippen MR) is 75.9 cm³/mol. The lowest BCUT2D eigenvalue weighted by molar-refractivity contribution is 0.0398. The molecule has 1 aliphatic heterocycles. The van der Waals surface area contributed by atoms with Crippen molar-refractivity contribution < 1.29 is 14.3 Å². The maximum Gasteiger partial charge on any atom is 0.339 e. The number of anilines is 1. The van der Waals surface area contributed by atoms with Gasteiger partial charge in [-0.15, -0.1) is 0 Å². The van der Waals surface area contributed by atoms with E-state index >= 15 is 0 Å². The average molecular weight is 279 g/mol. The van der Waals surface area contributed by atoms with Gasteiger partial charge >= 0.3 is 5.97 Å². The summed E-state index contributed by atoms with van der Waals surface area (Å²) >= 11 is 0. The van der Waals surface area contributed by atoms with E-state index < -0.39 is 0 Å². The van der Waals surface area contributed by atoms with Gasteiger partial charge in [0, 0.05) is 32.4 Å². The molecule has 0 saturated carbocycles. The van der Waals surface area contributed by atoms with E-state index in [1.807, 2.05) is 0 Å². The Labute approximate surface area is 119 Å². The molecule has 0 bridgehead atoms. The second kappa shape index (κ2) is 7.81. The van der Waals surface area contributed by atoms with Gasteiger partial charge < -0.3 is 14.8 Å². The molecule has 0 aliphatic carbocycles. The molecule has 1 fully saturated rings. The molecule has 6 heteroatoms. The van der Waals surface area contributed by atoms with Crippen molar-refractivity contribution in [2.24, 2.45) is 0 Å². The highest BCUT2D eigenvalue weighted by Gasteiger charge is 2.10. The van der Waals surface area contributed by atoms with Gasteiger partial charge in [0.15, 0.2) is 0 Å². The molecule has 6 nitrogen and oxygen atoms in total. The van der Waals surface area contributed by atoms with E-state index in [4.69, 9.17) is 9.47 Å². The van der Waals surface area contributed by atoms with Gasteiger partial charge in [0.05, 0.1) is 25.4 Å². The van der Waals surface area contributed by atoms with Gasteiger partial charge in [-0.1, -0.05) is 0 Å². The molecule has 110 valence electrons. The molecule has 1 saturated heterocycles. The topological polar surface area (TPSA) is 63.7 Å². The SMILES string of the molecule is CCOC(=O)c1ccc(NCCN2CCOCC2)nc1. The zero-order valence-electron chi connectivity index (χ0n) is 11.8. The first-order valence-corrected chi connectivity index (χ1v) is 6.96. The van der Waals surface area contributed by atoms with Gasteiger partial charge in [-0.2, -0.15) is 0 Å². The van der Waals surface area contributed by atoms with Crippen LogP contribution in [0.3, 0.4) is 0 Å². The Hall–Kier alpha value is -1.66. The summed E-state index contributed by atoms with van der Waals surface area (Å²) in [6.07, 6.45) is 1.54. The van der Waals surface area contributed by atoms with Gasteiger partial charge in [-0.25, -0.2) is 9.78 Å². The number of rotatable bonds is 6. The number of esters is 1. The summed E-state index contributed by atoms with van der Waals surface area (Å²) in [6.45, 7) is 7.54. The molecule has 0 amide bonds. The van der Waals surface area contributed by atoms with Gasteiger partial charge in [0.1, 0.15) is 5.82 Å². The molecule has 1 N–H and O–H groups in total. The second-order valence-corrected chi connectivity index (χ2v) is 4.53. The fourth-order valence-electron chi connectivity index (χ4n) is 2.00. The highest BCUT2D eigenvalue weighted by Crippen LogP contribution is 2.06. The van der Waals surface area contributed by atoms with Crippen LogP contribution in [0.2, 0.25) is 0 Å². The normalized spacial score (nSPS) is 15.8. The highest BCUT2D eigenvalue weighted by molar-refractivity contribution is 5.89. The number of hydrogen-bond donors (Lipinski definition) is 1. The van der Waals surface area contributed by atoms with Crippen LogP contribution < -0.4 is 5.32 Å². The minimum Gasteiger partial charge on any atom is -0.462 e. The summed E-state index contributed by atoms with van der Waals surface area (Å²) in [5, 5.41) is 3.24. The van der Waals surface area contributed by atoms with Crippen molar-refractivity contribution in [1.29, 1.82) is 0 Å². The smallest absolute Gasteiger partial charge is 0.339 e. The van der Waals surface area contributed by atoms with Crippen molar-refractivity contribution in [3.63, 3.8) is 0 Å². The fraction of sp³-hybridized carbons (Fsp3) is 0.571. The Balaban J connectivity index is 1.74. The third-order valence-corrected chi connectivity index (χ3v) is 3.11. The van der Waals surface area contributed by atoms with Crippen molar-refractivity contribution >= 4 is 11.8 Å². The number of nitrogens with zero attached hydrogens (tertiary/aromatic N) is 2. The lowest BCUT2D eigenvalue weighted by Crippen LogP contribution is -2.39. The van der Waals surface area contributed by atoms with Crippen molar-refractivity contribution in [1.82, 2.24) is 9.88 Å². The van der Waals surface area contributed by atoms with Crippen LogP contribution in [0.1, 0.15) is 17.3 Å². The van der Waals surface area contributed by atoms with Crippen LogP contribution in [-0.4, -0.2) is 61.9 Å². The molecule has 0 unspecified atom stereocenters. The molecule has 1 aliphatic rings. The van der Waals surface area contributed by atoms with Gasteiger partial charge in [0.2, 0.25) is 0 Å². The van der Waals surface area contributed by atoms with Crippen LogP contribution in [0, 0.1) is 0 Å². The highest BCUT2D eigenvalue weighted by atomic mass is 16.5. The minimum absolute atomic E-state index is 0.333. The molecule has 0 spiro atoms. The number of pyridine rings is 1. The third kappa shape index (κ3) is 4.47. The summed E-state index contributed by atoms with van der Waals surface area (Å²) in [5.41, 5.74) is 0.477. The molecule has 0 radical (unpaired) electrons. The first kappa shape index (κ1) is 14.7. The first-order valence-electron chi connectivity index (χ1n) is 6.96. The monoisotopic (exact) mass is 279 g/mol. The molecule has 2 heterocycles. The summed E-state index contributed by atoms with van der Waals surface area (Å²) in [4.78, 5) is 18.0. The van der Waals surface area contributed by atoms with Crippen LogP contribution in [0.25, 0.3) is 0 Å². The summed E-state index contributed by atoms with van der Waals surface area (Å²) in [5.74, 6) is 0.436. The van der Waals surface area contributed by atoms with Crippen molar-refractivity contribution in [2.75, 3.05) is 51.3 Å². The predicted octanol–water partition coefficient (Wildman–Crippen LogP) is 1.00. The van der Waals surface area contributed by atoms with Gasteiger partial charge in [-0.05, 0) is 19.1 Å². The van der Waals surface area contributed by atoms with Crippen LogP contribution in [0.15, 0.2) is 18.3 Å². The lowest BCUT2D eigenvalue weighted by atomic mass is 10.3. The number of carbonyl (C=O) groups is 1. The lowest BCUT2D eigenvalue weighted by Gasteiger charge is -2.26. The van der Waals surface area contributed by atoms with Crippen LogP contribution in [-0.2, 0) is 9.47 Å². The summed E-state index contributed by atoms with van der Waals surface area (Å²) in [6, 6.07) is 3.52. The van der Waals surface area contributed by atoms with Gasteiger partial charge in [-0.3, -0.25) is 4.90 Å². The summed E-state index contributed by atoms with van der Waals surface area (Å²) < 4.78 is 10.2. The average Bonchev–Trinajstić information content (AvgIpc) is 2.49. The minimum atomic E-state index is -0.333. The van der Waals surface area contributed by atoms with E-state index in [2.05, 4.69) is 15.2 Å². The van der Waals surface area contributed by atoms with Crippen LogP contribution >= 0.6 is 0 Å². The van der Waals surface area contributed by atoms with Crippen molar-refractivity contribution in [2.45, 2.75) is 6.92 Å².